The first-order valence-electron chi connectivity index (χ1n) is 9.07. The lowest BCUT2D eigenvalue weighted by Crippen LogP contribution is -2.41. The number of likely N-dealkylation sites (tertiary alicyclic amines) is 1. The van der Waals surface area contributed by atoms with Crippen molar-refractivity contribution in [1.29, 1.82) is 0 Å². The smallest absolute Gasteiger partial charge is 0.410 e. The number of furan rings is 1. The first-order chi connectivity index (χ1) is 12.8. The number of rotatable bonds is 3. The van der Waals surface area contributed by atoms with Crippen molar-refractivity contribution >= 4 is 18.0 Å². The zero-order chi connectivity index (χ0) is 19.6. The standard InChI is InChI=1S/C18H26N4O5/c1-20(2)15(23)14-6-5-13(26-14)11-19-16(24)22-9-4-7-18(8-10-22)12-21(3)17(25)27-18/h5-6H,4,7-12H2,1-3H3,(H,19,24)/t18-/m0/s1. The Morgan fingerprint density at radius 3 is 2.70 bits per heavy atom. The second kappa shape index (κ2) is 7.50. The van der Waals surface area contributed by atoms with Crippen molar-refractivity contribution < 1.29 is 23.5 Å². The number of carbonyl (C=O) groups is 3. The van der Waals surface area contributed by atoms with Gasteiger partial charge >= 0.3 is 12.1 Å². The maximum atomic E-state index is 12.5. The zero-order valence-corrected chi connectivity index (χ0v) is 16.0. The van der Waals surface area contributed by atoms with Gasteiger partial charge in [0.05, 0.1) is 13.1 Å². The van der Waals surface area contributed by atoms with Crippen LogP contribution in [0.3, 0.4) is 0 Å². The third-order valence-corrected chi connectivity index (χ3v) is 5.02. The highest BCUT2D eigenvalue weighted by molar-refractivity contribution is 5.91. The SMILES string of the molecule is CN(C)C(=O)c1ccc(CNC(=O)N2CCC[C@]3(CC2)CN(C)C(=O)O3)o1. The summed E-state index contributed by atoms with van der Waals surface area (Å²) in [6.45, 7) is 1.90. The Balaban J connectivity index is 1.52. The number of hydrogen-bond acceptors (Lipinski definition) is 5. The molecule has 148 valence electrons. The fourth-order valence-corrected chi connectivity index (χ4v) is 3.51. The van der Waals surface area contributed by atoms with E-state index in [2.05, 4.69) is 5.32 Å². The molecule has 2 aliphatic heterocycles. The molecule has 3 rings (SSSR count). The Bertz CT molecular complexity index is 731. The predicted molar refractivity (Wildman–Crippen MR) is 96.2 cm³/mol. The first kappa shape index (κ1) is 19.1. The number of nitrogens with zero attached hydrogens (tertiary/aromatic N) is 3. The van der Waals surface area contributed by atoms with Crippen LogP contribution in [-0.4, -0.2) is 79.1 Å². The van der Waals surface area contributed by atoms with Crippen LogP contribution >= 0.6 is 0 Å². The summed E-state index contributed by atoms with van der Waals surface area (Å²) in [5.74, 6) is 0.542. The number of ether oxygens (including phenoxy) is 1. The molecule has 0 radical (unpaired) electrons. The molecule has 2 fully saturated rings. The minimum absolute atomic E-state index is 0.193. The van der Waals surface area contributed by atoms with Crippen LogP contribution in [-0.2, 0) is 11.3 Å². The average molecular weight is 378 g/mol. The van der Waals surface area contributed by atoms with Crippen molar-refractivity contribution in [1.82, 2.24) is 20.0 Å². The topological polar surface area (TPSA) is 95.3 Å². The molecule has 1 aromatic rings. The van der Waals surface area contributed by atoms with Crippen molar-refractivity contribution in [2.75, 3.05) is 40.8 Å². The molecule has 0 aromatic carbocycles. The van der Waals surface area contributed by atoms with E-state index >= 15 is 0 Å². The maximum Gasteiger partial charge on any atom is 0.410 e. The Morgan fingerprint density at radius 1 is 1.26 bits per heavy atom. The molecule has 27 heavy (non-hydrogen) atoms. The van der Waals surface area contributed by atoms with Crippen molar-refractivity contribution in [2.24, 2.45) is 0 Å². The molecule has 1 spiro atoms. The minimum atomic E-state index is -0.483. The second-order valence-electron chi connectivity index (χ2n) is 7.37. The van der Waals surface area contributed by atoms with E-state index in [-0.39, 0.29) is 30.3 Å². The van der Waals surface area contributed by atoms with E-state index in [1.54, 1.807) is 43.1 Å². The van der Waals surface area contributed by atoms with Crippen LogP contribution in [0.2, 0.25) is 0 Å². The third-order valence-electron chi connectivity index (χ3n) is 5.02. The highest BCUT2D eigenvalue weighted by Gasteiger charge is 2.44. The van der Waals surface area contributed by atoms with Gasteiger partial charge in [0.2, 0.25) is 0 Å². The molecule has 2 aliphatic rings. The Labute approximate surface area is 158 Å². The summed E-state index contributed by atoms with van der Waals surface area (Å²) in [6, 6.07) is 3.09. The molecule has 0 unspecified atom stereocenters. The van der Waals surface area contributed by atoms with Gasteiger partial charge in [0, 0.05) is 40.7 Å². The molecule has 0 bridgehead atoms. The second-order valence-corrected chi connectivity index (χ2v) is 7.37. The van der Waals surface area contributed by atoms with Gasteiger partial charge in [0.1, 0.15) is 11.4 Å². The molecular weight excluding hydrogens is 352 g/mol. The highest BCUT2D eigenvalue weighted by Crippen LogP contribution is 2.32. The number of likely N-dealkylation sites (N-methyl/N-ethyl adjacent to an activating group) is 1. The van der Waals surface area contributed by atoms with Gasteiger partial charge in [-0.3, -0.25) is 4.79 Å². The summed E-state index contributed by atoms with van der Waals surface area (Å²) in [4.78, 5) is 40.8. The molecular formula is C18H26N4O5. The molecule has 0 saturated carbocycles. The minimum Gasteiger partial charge on any atom is -0.454 e. The molecule has 9 nitrogen and oxygen atoms in total. The van der Waals surface area contributed by atoms with Gasteiger partial charge in [-0.1, -0.05) is 0 Å². The fourth-order valence-electron chi connectivity index (χ4n) is 3.51. The van der Waals surface area contributed by atoms with Gasteiger partial charge in [-0.05, 0) is 25.0 Å². The summed E-state index contributed by atoms with van der Waals surface area (Å²) >= 11 is 0. The average Bonchev–Trinajstić information content (AvgIpc) is 3.13. The van der Waals surface area contributed by atoms with Crippen LogP contribution in [0.4, 0.5) is 9.59 Å². The quantitative estimate of drug-likeness (QED) is 0.860. The highest BCUT2D eigenvalue weighted by atomic mass is 16.6. The van der Waals surface area contributed by atoms with Crippen LogP contribution in [0.25, 0.3) is 0 Å². The van der Waals surface area contributed by atoms with Crippen molar-refractivity contribution in [2.45, 2.75) is 31.4 Å². The van der Waals surface area contributed by atoms with E-state index in [0.29, 0.717) is 31.8 Å². The molecule has 1 aromatic heterocycles. The maximum absolute atomic E-state index is 12.5. The fraction of sp³-hybridized carbons (Fsp3) is 0.611. The van der Waals surface area contributed by atoms with Gasteiger partial charge in [0.15, 0.2) is 5.76 Å². The number of hydrogen-bond donors (Lipinski definition) is 1. The van der Waals surface area contributed by atoms with Crippen LogP contribution in [0, 0.1) is 0 Å². The summed E-state index contributed by atoms with van der Waals surface area (Å²) in [7, 11) is 5.03. The van der Waals surface area contributed by atoms with Crippen LogP contribution in [0.5, 0.6) is 0 Å². The molecule has 1 N–H and O–H groups in total. The van der Waals surface area contributed by atoms with E-state index in [9.17, 15) is 14.4 Å². The molecule has 3 heterocycles. The van der Waals surface area contributed by atoms with E-state index in [1.165, 1.54) is 4.90 Å². The normalized spacial score (nSPS) is 22.6. The van der Waals surface area contributed by atoms with E-state index in [4.69, 9.17) is 9.15 Å². The van der Waals surface area contributed by atoms with Gasteiger partial charge in [-0.15, -0.1) is 0 Å². The number of nitrogens with one attached hydrogen (secondary N) is 1. The van der Waals surface area contributed by atoms with Crippen molar-refractivity contribution in [3.63, 3.8) is 0 Å². The van der Waals surface area contributed by atoms with E-state index < -0.39 is 5.60 Å². The monoisotopic (exact) mass is 378 g/mol. The zero-order valence-electron chi connectivity index (χ0n) is 16.0. The third kappa shape index (κ3) is 4.17. The summed E-state index contributed by atoms with van der Waals surface area (Å²) in [5, 5.41) is 2.82. The molecule has 2 saturated heterocycles. The van der Waals surface area contributed by atoms with Gasteiger partial charge in [0.25, 0.3) is 5.91 Å². The largest absolute Gasteiger partial charge is 0.454 e. The Morgan fingerprint density at radius 2 is 2.04 bits per heavy atom. The van der Waals surface area contributed by atoms with Crippen LogP contribution < -0.4 is 5.32 Å². The predicted octanol–water partition coefficient (Wildman–Crippen LogP) is 1.50. The van der Waals surface area contributed by atoms with Gasteiger partial charge in [-0.2, -0.15) is 0 Å². The van der Waals surface area contributed by atoms with Gasteiger partial charge < -0.3 is 29.2 Å². The van der Waals surface area contributed by atoms with Crippen LogP contribution in [0.1, 0.15) is 35.6 Å². The molecule has 1 atom stereocenters. The number of carbonyl (C=O) groups excluding carboxylic acids is 3. The van der Waals surface area contributed by atoms with Gasteiger partial charge in [-0.25, -0.2) is 9.59 Å². The van der Waals surface area contributed by atoms with Crippen molar-refractivity contribution in [3.8, 4) is 0 Å². The summed E-state index contributed by atoms with van der Waals surface area (Å²) in [5.41, 5.74) is -0.483. The Kier molecular flexibility index (Phi) is 5.29. The first-order valence-corrected chi connectivity index (χ1v) is 9.07. The summed E-state index contributed by atoms with van der Waals surface area (Å²) in [6.07, 6.45) is 1.85. The lowest BCUT2D eigenvalue weighted by Gasteiger charge is -2.25. The molecule has 0 aliphatic carbocycles. The number of amides is 4. The Hall–Kier alpha value is -2.71. The number of urea groups is 1. The molecule has 9 heteroatoms. The van der Waals surface area contributed by atoms with E-state index in [1.807, 2.05) is 0 Å². The van der Waals surface area contributed by atoms with Crippen molar-refractivity contribution in [3.05, 3.63) is 23.7 Å². The lowest BCUT2D eigenvalue weighted by atomic mass is 9.95. The van der Waals surface area contributed by atoms with Crippen LogP contribution in [0.15, 0.2) is 16.5 Å². The van der Waals surface area contributed by atoms with E-state index in [0.717, 1.165) is 12.8 Å². The molecule has 4 amide bonds. The summed E-state index contributed by atoms with van der Waals surface area (Å²) < 4.78 is 11.0. The lowest BCUT2D eigenvalue weighted by molar-refractivity contribution is 0.0453.